The van der Waals surface area contributed by atoms with Crippen molar-refractivity contribution in [3.63, 3.8) is 0 Å². The van der Waals surface area contributed by atoms with Crippen molar-refractivity contribution >= 4 is 29.3 Å². The molecule has 2 aromatic heterocycles. The lowest BCUT2D eigenvalue weighted by molar-refractivity contribution is -0.131. The van der Waals surface area contributed by atoms with Crippen LogP contribution in [0.4, 0.5) is 0 Å². The molecule has 2 N–H and O–H groups in total. The molecule has 0 spiro atoms. The van der Waals surface area contributed by atoms with Gasteiger partial charge in [0.2, 0.25) is 0 Å². The van der Waals surface area contributed by atoms with Gasteiger partial charge < -0.3 is 14.9 Å². The maximum absolute atomic E-state index is 11.8. The molecule has 2 aromatic rings. The summed E-state index contributed by atoms with van der Waals surface area (Å²) < 4.78 is 4.85. The van der Waals surface area contributed by atoms with E-state index in [1.165, 1.54) is 23.6 Å². The second-order valence-electron chi connectivity index (χ2n) is 3.57. The minimum atomic E-state index is -1.02. The maximum Gasteiger partial charge on any atom is 0.328 e. The van der Waals surface area contributed by atoms with Crippen molar-refractivity contribution < 1.29 is 19.2 Å². The summed E-state index contributed by atoms with van der Waals surface area (Å²) in [4.78, 5) is 22.9. The van der Waals surface area contributed by atoms with Crippen molar-refractivity contribution in [2.45, 2.75) is 6.54 Å². The van der Waals surface area contributed by atoms with E-state index >= 15 is 0 Å². The first-order valence-corrected chi connectivity index (χ1v) is 6.20. The Morgan fingerprint density at radius 3 is 3.05 bits per heavy atom. The number of carboxylic acids is 1. The summed E-state index contributed by atoms with van der Waals surface area (Å²) in [6, 6.07) is 3.29. The Morgan fingerprint density at radius 2 is 2.37 bits per heavy atom. The first-order chi connectivity index (χ1) is 9.15. The molecule has 0 aliphatic heterocycles. The number of hydrogen-bond donors (Lipinski definition) is 2. The van der Waals surface area contributed by atoms with E-state index in [-0.39, 0.29) is 12.5 Å². The number of amides is 1. The van der Waals surface area contributed by atoms with Crippen LogP contribution in [0, 0.1) is 0 Å². The number of nitrogens with one attached hydrogen (secondary N) is 1. The van der Waals surface area contributed by atoms with E-state index in [2.05, 4.69) is 10.5 Å². The molecule has 7 heteroatoms. The molecular formula is C12H10N2O4S. The van der Waals surface area contributed by atoms with Crippen LogP contribution in [0.2, 0.25) is 0 Å². The second kappa shape index (κ2) is 5.96. The Labute approximate surface area is 112 Å². The minimum absolute atomic E-state index is 0.248. The molecule has 0 atom stereocenters. The van der Waals surface area contributed by atoms with Crippen LogP contribution < -0.4 is 5.32 Å². The van der Waals surface area contributed by atoms with E-state index in [1.54, 1.807) is 17.5 Å². The zero-order valence-corrected chi connectivity index (χ0v) is 10.5. The topological polar surface area (TPSA) is 92.4 Å². The Morgan fingerprint density at radius 1 is 1.53 bits per heavy atom. The molecule has 0 radical (unpaired) electrons. The van der Waals surface area contributed by atoms with Crippen LogP contribution >= 0.6 is 11.3 Å². The number of hydrogen-bond acceptors (Lipinski definition) is 5. The zero-order chi connectivity index (χ0) is 13.7. The number of rotatable bonds is 5. The van der Waals surface area contributed by atoms with Crippen LogP contribution in [-0.4, -0.2) is 22.1 Å². The number of carboxylic acid groups (broad SMARTS) is 1. The van der Waals surface area contributed by atoms with Crippen molar-refractivity contribution in [1.29, 1.82) is 0 Å². The van der Waals surface area contributed by atoms with Gasteiger partial charge >= 0.3 is 5.97 Å². The van der Waals surface area contributed by atoms with Gasteiger partial charge in [0.15, 0.2) is 5.76 Å². The Bertz CT molecular complexity index is 601. The van der Waals surface area contributed by atoms with Gasteiger partial charge in [-0.1, -0.05) is 5.16 Å². The minimum Gasteiger partial charge on any atom is -0.478 e. The maximum atomic E-state index is 11.8. The highest BCUT2D eigenvalue weighted by molar-refractivity contribution is 7.11. The first kappa shape index (κ1) is 13.0. The number of thiophene rings is 1. The lowest BCUT2D eigenvalue weighted by atomic mass is 10.3. The average molecular weight is 278 g/mol. The molecule has 2 heterocycles. The number of carbonyl (C=O) groups excluding carboxylic acids is 1. The van der Waals surface area contributed by atoms with Crippen molar-refractivity contribution in [2.24, 2.45) is 0 Å². The molecule has 0 aliphatic carbocycles. The number of aliphatic carboxylic acids is 1. The van der Waals surface area contributed by atoms with Crippen LogP contribution in [-0.2, 0) is 11.3 Å². The number of nitrogens with zero attached hydrogens (tertiary/aromatic N) is 1. The van der Waals surface area contributed by atoms with Gasteiger partial charge in [-0.2, -0.15) is 0 Å². The van der Waals surface area contributed by atoms with Crippen LogP contribution in [0.5, 0.6) is 0 Å². The zero-order valence-electron chi connectivity index (χ0n) is 9.70. The van der Waals surface area contributed by atoms with E-state index in [0.29, 0.717) is 16.2 Å². The van der Waals surface area contributed by atoms with Crippen molar-refractivity contribution in [3.05, 3.63) is 46.0 Å². The standard InChI is InChI=1S/C12H10N2O4S/c15-11(16)2-1-10-5-8(7-19-10)12(17)13-6-9-3-4-14-18-9/h1-5,7H,6H2,(H,13,17)(H,15,16)/b2-1+. The van der Waals surface area contributed by atoms with E-state index in [0.717, 1.165) is 6.08 Å². The molecule has 0 saturated carbocycles. The fourth-order valence-corrected chi connectivity index (χ4v) is 2.10. The van der Waals surface area contributed by atoms with E-state index in [9.17, 15) is 9.59 Å². The van der Waals surface area contributed by atoms with Gasteiger partial charge in [0.25, 0.3) is 5.91 Å². The summed E-state index contributed by atoms with van der Waals surface area (Å²) in [5.41, 5.74) is 0.481. The molecule has 19 heavy (non-hydrogen) atoms. The van der Waals surface area contributed by atoms with E-state index in [4.69, 9.17) is 9.63 Å². The third kappa shape index (κ3) is 3.78. The third-order valence-electron chi connectivity index (χ3n) is 2.19. The summed E-state index contributed by atoms with van der Waals surface area (Å²) in [6.07, 6.45) is 3.98. The molecule has 2 rings (SSSR count). The van der Waals surface area contributed by atoms with Gasteiger partial charge in [0, 0.05) is 22.4 Å². The first-order valence-electron chi connectivity index (χ1n) is 5.32. The van der Waals surface area contributed by atoms with Crippen LogP contribution in [0.3, 0.4) is 0 Å². The molecular weight excluding hydrogens is 268 g/mol. The summed E-state index contributed by atoms with van der Waals surface area (Å²) in [5, 5.41) is 16.4. The fourth-order valence-electron chi connectivity index (χ4n) is 1.32. The highest BCUT2D eigenvalue weighted by Crippen LogP contribution is 2.16. The molecule has 0 aliphatic rings. The van der Waals surface area contributed by atoms with Crippen molar-refractivity contribution in [2.75, 3.05) is 0 Å². The quantitative estimate of drug-likeness (QED) is 0.813. The monoisotopic (exact) mass is 278 g/mol. The Hall–Kier alpha value is -2.41. The van der Waals surface area contributed by atoms with E-state index in [1.807, 2.05) is 0 Å². The van der Waals surface area contributed by atoms with Gasteiger partial charge in [-0.05, 0) is 12.1 Å². The van der Waals surface area contributed by atoms with Gasteiger partial charge in [0.05, 0.1) is 18.3 Å². The van der Waals surface area contributed by atoms with Gasteiger partial charge in [0.1, 0.15) is 0 Å². The van der Waals surface area contributed by atoms with Gasteiger partial charge in [-0.3, -0.25) is 4.79 Å². The molecule has 0 fully saturated rings. The fraction of sp³-hybridized carbons (Fsp3) is 0.0833. The predicted octanol–water partition coefficient (Wildman–Crippen LogP) is 1.76. The molecule has 1 amide bonds. The summed E-state index contributed by atoms with van der Waals surface area (Å²) in [6.45, 7) is 0.259. The van der Waals surface area contributed by atoms with Crippen molar-refractivity contribution in [1.82, 2.24) is 10.5 Å². The molecule has 6 nitrogen and oxygen atoms in total. The lowest BCUT2D eigenvalue weighted by Gasteiger charge is -1.99. The molecule has 0 saturated heterocycles. The summed E-state index contributed by atoms with van der Waals surface area (Å²) in [5.74, 6) is -0.707. The predicted molar refractivity (Wildman–Crippen MR) is 68.7 cm³/mol. The van der Waals surface area contributed by atoms with Crippen molar-refractivity contribution in [3.8, 4) is 0 Å². The smallest absolute Gasteiger partial charge is 0.328 e. The Kier molecular flexibility index (Phi) is 4.09. The Balaban J connectivity index is 1.94. The van der Waals surface area contributed by atoms with Gasteiger partial charge in [-0.15, -0.1) is 11.3 Å². The molecule has 0 aromatic carbocycles. The third-order valence-corrected chi connectivity index (χ3v) is 3.08. The highest BCUT2D eigenvalue weighted by atomic mass is 32.1. The SMILES string of the molecule is O=C(O)/C=C/c1cc(C(=O)NCc2ccno2)cs1. The normalized spacial score (nSPS) is 10.7. The van der Waals surface area contributed by atoms with Crippen LogP contribution in [0.15, 0.2) is 34.3 Å². The van der Waals surface area contributed by atoms with Gasteiger partial charge in [-0.25, -0.2) is 4.79 Å². The number of carbonyl (C=O) groups is 2. The van der Waals surface area contributed by atoms with Crippen LogP contribution in [0.25, 0.3) is 6.08 Å². The molecule has 0 unspecified atom stereocenters. The second-order valence-corrected chi connectivity index (χ2v) is 4.51. The van der Waals surface area contributed by atoms with Crippen LogP contribution in [0.1, 0.15) is 21.0 Å². The number of aromatic nitrogens is 1. The average Bonchev–Trinajstić information content (AvgIpc) is 3.04. The highest BCUT2D eigenvalue weighted by Gasteiger charge is 2.08. The van der Waals surface area contributed by atoms with E-state index < -0.39 is 5.97 Å². The summed E-state index contributed by atoms with van der Waals surface area (Å²) >= 11 is 1.30. The molecule has 0 bridgehead atoms. The lowest BCUT2D eigenvalue weighted by Crippen LogP contribution is -2.21. The largest absolute Gasteiger partial charge is 0.478 e. The summed E-state index contributed by atoms with van der Waals surface area (Å²) in [7, 11) is 0. The molecule has 98 valence electrons.